The fourth-order valence-corrected chi connectivity index (χ4v) is 9.13. The van der Waals surface area contributed by atoms with Gasteiger partial charge in [0.2, 0.25) is 0 Å². The minimum Gasteiger partial charge on any atom is -0.308 e. The summed E-state index contributed by atoms with van der Waals surface area (Å²) in [5, 5.41) is 9.49. The van der Waals surface area contributed by atoms with Gasteiger partial charge >= 0.3 is 0 Å². The van der Waals surface area contributed by atoms with Gasteiger partial charge in [-0.05, 0) is 74.0 Å². The molecule has 0 fully saturated rings. The molecule has 0 spiro atoms. The summed E-state index contributed by atoms with van der Waals surface area (Å²) in [7, 11) is 0. The maximum absolute atomic E-state index is 5.32. The van der Waals surface area contributed by atoms with Crippen molar-refractivity contribution in [1.29, 1.82) is 0 Å². The van der Waals surface area contributed by atoms with E-state index in [0.717, 1.165) is 66.4 Å². The van der Waals surface area contributed by atoms with E-state index >= 15 is 0 Å². The predicted molar refractivity (Wildman–Crippen MR) is 254 cm³/mol. The lowest BCUT2D eigenvalue weighted by atomic mass is 9.91. The van der Waals surface area contributed by atoms with Crippen LogP contribution in [0.15, 0.2) is 218 Å². The molecule has 0 bridgehead atoms. The van der Waals surface area contributed by atoms with Crippen molar-refractivity contribution >= 4 is 54.1 Å². The zero-order chi connectivity index (χ0) is 40.3. The molecule has 0 aliphatic heterocycles. The highest BCUT2D eigenvalue weighted by Crippen LogP contribution is 2.46. The van der Waals surface area contributed by atoms with Crippen molar-refractivity contribution in [3.05, 3.63) is 218 Å². The molecule has 12 rings (SSSR count). The fourth-order valence-electron chi connectivity index (χ4n) is 9.13. The van der Waals surface area contributed by atoms with Gasteiger partial charge in [-0.25, -0.2) is 15.0 Å². The standard InChI is InChI=1S/C57H36N4/c1-5-17-37(18-6-1)44-29-31-46-48(33-44)49(57-59-55(40-22-9-3-10-23-40)58-56(60-57)41-24-11-4-12-25-41)36-47(38-19-7-2-8-20-38)54(46)61-51-32-30-39-21-15-16-28-45(39)53(51)50-34-42-26-13-14-27-43(42)35-52(50)61/h1-36H. The van der Waals surface area contributed by atoms with E-state index in [4.69, 9.17) is 15.0 Å². The van der Waals surface area contributed by atoms with E-state index in [-0.39, 0.29) is 0 Å². The molecule has 0 radical (unpaired) electrons. The van der Waals surface area contributed by atoms with E-state index in [1.165, 1.54) is 32.3 Å². The number of nitrogens with zero attached hydrogens (tertiary/aromatic N) is 4. The Kier molecular flexibility index (Phi) is 8.13. The summed E-state index contributed by atoms with van der Waals surface area (Å²) < 4.78 is 2.51. The van der Waals surface area contributed by atoms with Gasteiger partial charge in [0.1, 0.15) is 0 Å². The Hall–Kier alpha value is -8.21. The molecule has 284 valence electrons. The highest BCUT2D eigenvalue weighted by Gasteiger charge is 2.24. The second kappa shape index (κ2) is 14.3. The first kappa shape index (κ1) is 34.8. The smallest absolute Gasteiger partial charge is 0.164 e. The fraction of sp³-hybridized carbons (Fsp3) is 0. The largest absolute Gasteiger partial charge is 0.308 e. The van der Waals surface area contributed by atoms with Gasteiger partial charge in [0.15, 0.2) is 17.5 Å². The molecule has 4 nitrogen and oxygen atoms in total. The van der Waals surface area contributed by atoms with Crippen LogP contribution in [0.2, 0.25) is 0 Å². The Balaban J connectivity index is 1.26. The first-order chi connectivity index (χ1) is 30.2. The van der Waals surface area contributed by atoms with Crippen LogP contribution in [0, 0.1) is 0 Å². The normalized spacial score (nSPS) is 11.6. The van der Waals surface area contributed by atoms with Crippen LogP contribution >= 0.6 is 0 Å². The van der Waals surface area contributed by atoms with E-state index in [0.29, 0.717) is 17.5 Å². The van der Waals surface area contributed by atoms with Gasteiger partial charge in [-0.3, -0.25) is 0 Å². The van der Waals surface area contributed by atoms with Crippen LogP contribution in [0.1, 0.15) is 0 Å². The zero-order valence-electron chi connectivity index (χ0n) is 33.1. The summed E-state index contributed by atoms with van der Waals surface area (Å²) in [6.07, 6.45) is 0. The van der Waals surface area contributed by atoms with Crippen molar-refractivity contribution in [3.63, 3.8) is 0 Å². The molecule has 0 N–H and O–H groups in total. The predicted octanol–water partition coefficient (Wildman–Crippen LogP) is 14.8. The SMILES string of the molecule is c1ccc(-c2ccc3c(-n4c5cc6ccccc6cc5c5c6ccccc6ccc54)c(-c4ccccc4)cc(-c4nc(-c5ccccc5)nc(-c5ccccc5)n4)c3c2)cc1. The van der Waals surface area contributed by atoms with Gasteiger partial charge in [-0.2, -0.15) is 0 Å². The van der Waals surface area contributed by atoms with E-state index < -0.39 is 0 Å². The summed E-state index contributed by atoms with van der Waals surface area (Å²) in [6.45, 7) is 0. The number of hydrogen-bond acceptors (Lipinski definition) is 3. The van der Waals surface area contributed by atoms with Gasteiger partial charge in [0.05, 0.1) is 16.7 Å². The Morgan fingerprint density at radius 3 is 1.48 bits per heavy atom. The summed E-state index contributed by atoms with van der Waals surface area (Å²) in [5.74, 6) is 1.87. The molecule has 2 heterocycles. The molecule has 0 atom stereocenters. The van der Waals surface area contributed by atoms with Crippen LogP contribution in [0.25, 0.3) is 116 Å². The average Bonchev–Trinajstić information content (AvgIpc) is 3.66. The second-order valence-corrected chi connectivity index (χ2v) is 15.6. The number of benzene rings is 10. The van der Waals surface area contributed by atoms with E-state index in [1.54, 1.807) is 0 Å². The van der Waals surface area contributed by atoms with Crippen molar-refractivity contribution in [2.75, 3.05) is 0 Å². The van der Waals surface area contributed by atoms with Crippen molar-refractivity contribution < 1.29 is 0 Å². The van der Waals surface area contributed by atoms with E-state index in [1.807, 2.05) is 36.4 Å². The molecule has 61 heavy (non-hydrogen) atoms. The van der Waals surface area contributed by atoms with Crippen LogP contribution in [0.4, 0.5) is 0 Å². The lowest BCUT2D eigenvalue weighted by Crippen LogP contribution is -2.04. The van der Waals surface area contributed by atoms with E-state index in [9.17, 15) is 0 Å². The van der Waals surface area contributed by atoms with Crippen molar-refractivity contribution in [2.24, 2.45) is 0 Å². The molecule has 0 saturated carbocycles. The summed E-state index contributed by atoms with van der Waals surface area (Å²) in [6, 6.07) is 77.8. The number of aromatic nitrogens is 4. The molecule has 0 aliphatic carbocycles. The average molecular weight is 777 g/mol. The summed E-state index contributed by atoms with van der Waals surface area (Å²) in [5.41, 5.74) is 10.7. The molecule has 2 aromatic heterocycles. The van der Waals surface area contributed by atoms with Crippen LogP contribution < -0.4 is 0 Å². The highest BCUT2D eigenvalue weighted by atomic mass is 15.0. The highest BCUT2D eigenvalue weighted by molar-refractivity contribution is 6.24. The minimum atomic E-state index is 0.617. The maximum Gasteiger partial charge on any atom is 0.164 e. The Morgan fingerprint density at radius 2 is 0.820 bits per heavy atom. The van der Waals surface area contributed by atoms with E-state index in [2.05, 4.69) is 187 Å². The molecule has 0 aliphatic rings. The van der Waals surface area contributed by atoms with Crippen LogP contribution in [-0.2, 0) is 0 Å². The van der Waals surface area contributed by atoms with Crippen LogP contribution in [-0.4, -0.2) is 19.5 Å². The molecule has 0 unspecified atom stereocenters. The topological polar surface area (TPSA) is 43.6 Å². The molecular formula is C57H36N4. The van der Waals surface area contributed by atoms with Crippen molar-refractivity contribution in [1.82, 2.24) is 19.5 Å². The zero-order valence-corrected chi connectivity index (χ0v) is 33.1. The molecule has 10 aromatic carbocycles. The van der Waals surface area contributed by atoms with Gasteiger partial charge < -0.3 is 4.57 Å². The molecule has 12 aromatic rings. The second-order valence-electron chi connectivity index (χ2n) is 15.6. The van der Waals surface area contributed by atoms with Gasteiger partial charge in [0.25, 0.3) is 0 Å². The van der Waals surface area contributed by atoms with Crippen LogP contribution in [0.3, 0.4) is 0 Å². The van der Waals surface area contributed by atoms with Gasteiger partial charge in [-0.15, -0.1) is 0 Å². The lowest BCUT2D eigenvalue weighted by Gasteiger charge is -2.21. The van der Waals surface area contributed by atoms with Crippen molar-refractivity contribution in [3.8, 4) is 62.1 Å². The maximum atomic E-state index is 5.32. The Morgan fingerprint density at radius 1 is 0.279 bits per heavy atom. The third kappa shape index (κ3) is 5.88. The number of hydrogen-bond donors (Lipinski definition) is 0. The third-order valence-corrected chi connectivity index (χ3v) is 12.0. The van der Waals surface area contributed by atoms with Crippen molar-refractivity contribution in [2.45, 2.75) is 0 Å². The van der Waals surface area contributed by atoms with Gasteiger partial charge in [0, 0.05) is 38.4 Å². The quantitative estimate of drug-likeness (QED) is 0.169. The lowest BCUT2D eigenvalue weighted by molar-refractivity contribution is 1.08. The Bertz CT molecular complexity index is 3560. The first-order valence-corrected chi connectivity index (χ1v) is 20.7. The summed E-state index contributed by atoms with van der Waals surface area (Å²) in [4.78, 5) is 15.7. The van der Waals surface area contributed by atoms with Gasteiger partial charge in [-0.1, -0.05) is 188 Å². The summed E-state index contributed by atoms with van der Waals surface area (Å²) >= 11 is 0. The molecule has 4 heteroatoms. The molecular weight excluding hydrogens is 741 g/mol. The van der Waals surface area contributed by atoms with Crippen LogP contribution in [0.5, 0.6) is 0 Å². The third-order valence-electron chi connectivity index (χ3n) is 12.0. The number of fused-ring (bicyclic) bond motifs is 7. The Labute approximate surface area is 352 Å². The minimum absolute atomic E-state index is 0.617. The molecule has 0 amide bonds. The first-order valence-electron chi connectivity index (χ1n) is 20.7. The monoisotopic (exact) mass is 776 g/mol. The molecule has 0 saturated heterocycles. The number of rotatable bonds is 6.